The lowest BCUT2D eigenvalue weighted by atomic mass is 10.1. The van der Waals surface area contributed by atoms with Crippen LogP contribution in [0.5, 0.6) is 0 Å². The molecule has 0 saturated carbocycles. The van der Waals surface area contributed by atoms with Gasteiger partial charge in [0, 0.05) is 36.8 Å². The number of nitrogens with zero attached hydrogens (tertiary/aromatic N) is 4. The Kier molecular flexibility index (Phi) is 6.45. The molecule has 0 bridgehead atoms. The predicted octanol–water partition coefficient (Wildman–Crippen LogP) is 4.29. The molecule has 0 aliphatic carbocycles. The van der Waals surface area contributed by atoms with E-state index in [2.05, 4.69) is 32.0 Å². The Balaban J connectivity index is 1.44. The van der Waals surface area contributed by atoms with E-state index in [4.69, 9.17) is 10.2 Å². The average molecular weight is 417 g/mol. The van der Waals surface area contributed by atoms with Crippen LogP contribution in [0, 0.1) is 5.82 Å². The van der Waals surface area contributed by atoms with E-state index >= 15 is 0 Å². The molecule has 0 aliphatic rings. The maximum atomic E-state index is 13.0. The Bertz CT molecular complexity index is 1080. The Hall–Kier alpha value is -3.42. The Morgan fingerprint density at radius 3 is 2.00 bits per heavy atom. The summed E-state index contributed by atoms with van der Waals surface area (Å²) >= 11 is 0. The number of hydrogen-bond acceptors (Lipinski definition) is 6. The molecule has 0 spiro atoms. The van der Waals surface area contributed by atoms with Crippen LogP contribution in [0.3, 0.4) is 0 Å². The first-order valence-corrected chi connectivity index (χ1v) is 10.1. The van der Waals surface area contributed by atoms with Crippen LogP contribution in [0.15, 0.2) is 77.9 Å². The van der Waals surface area contributed by atoms with Gasteiger partial charge in [0.2, 0.25) is 0 Å². The lowest BCUT2D eigenvalue weighted by Crippen LogP contribution is -2.34. The highest BCUT2D eigenvalue weighted by atomic mass is 19.1. The van der Waals surface area contributed by atoms with E-state index in [1.165, 1.54) is 24.4 Å². The molecule has 2 aromatic heterocycles. The fraction of sp³-hybridized carbons (Fsp3) is 0.208. The highest BCUT2D eigenvalue weighted by Crippen LogP contribution is 2.21. The molecule has 0 saturated heterocycles. The van der Waals surface area contributed by atoms with Crippen LogP contribution in [-0.2, 0) is 13.1 Å². The van der Waals surface area contributed by atoms with Crippen molar-refractivity contribution >= 4 is 0 Å². The van der Waals surface area contributed by atoms with Gasteiger partial charge in [0.25, 0.3) is 0 Å². The third-order valence-corrected chi connectivity index (χ3v) is 4.86. The molecule has 0 radical (unpaired) electrons. The predicted molar refractivity (Wildman–Crippen MR) is 117 cm³/mol. The van der Waals surface area contributed by atoms with Crippen molar-refractivity contribution in [2.75, 3.05) is 6.54 Å². The van der Waals surface area contributed by atoms with Crippen molar-refractivity contribution in [3.63, 3.8) is 0 Å². The second-order valence-corrected chi connectivity index (χ2v) is 7.63. The number of benzene rings is 2. The van der Waals surface area contributed by atoms with Gasteiger partial charge in [-0.25, -0.2) is 19.3 Å². The van der Waals surface area contributed by atoms with E-state index in [-0.39, 0.29) is 6.04 Å². The summed E-state index contributed by atoms with van der Waals surface area (Å²) in [5.74, 6) is 0.817. The molecule has 7 heteroatoms. The molecule has 0 aliphatic heterocycles. The highest BCUT2D eigenvalue weighted by molar-refractivity contribution is 5.56. The van der Waals surface area contributed by atoms with Crippen molar-refractivity contribution in [1.82, 2.24) is 19.9 Å². The van der Waals surface area contributed by atoms with Crippen molar-refractivity contribution in [3.05, 3.63) is 90.5 Å². The number of aromatic nitrogens is 3. The minimum absolute atomic E-state index is 0.0559. The molecule has 0 amide bonds. The van der Waals surface area contributed by atoms with Gasteiger partial charge in [-0.05, 0) is 18.1 Å². The third-order valence-electron chi connectivity index (χ3n) is 4.86. The molecule has 31 heavy (non-hydrogen) atoms. The van der Waals surface area contributed by atoms with Crippen molar-refractivity contribution in [2.24, 2.45) is 5.73 Å². The molecule has 6 nitrogen and oxygen atoms in total. The van der Waals surface area contributed by atoms with E-state index in [1.807, 2.05) is 43.3 Å². The first kappa shape index (κ1) is 20.8. The maximum Gasteiger partial charge on any atom is 0.181 e. The van der Waals surface area contributed by atoms with Gasteiger partial charge < -0.3 is 10.2 Å². The van der Waals surface area contributed by atoms with E-state index < -0.39 is 5.82 Å². The molecule has 2 heterocycles. The zero-order valence-electron chi connectivity index (χ0n) is 17.3. The molecule has 158 valence electrons. The van der Waals surface area contributed by atoms with E-state index in [9.17, 15) is 4.39 Å². The summed E-state index contributed by atoms with van der Waals surface area (Å²) in [5, 5.41) is 0. The zero-order valence-corrected chi connectivity index (χ0v) is 17.3. The van der Waals surface area contributed by atoms with Crippen LogP contribution in [0.4, 0.5) is 4.39 Å². The summed E-state index contributed by atoms with van der Waals surface area (Å²) < 4.78 is 18.4. The van der Waals surface area contributed by atoms with E-state index in [1.54, 1.807) is 6.20 Å². The molecule has 1 unspecified atom stereocenters. The molecule has 2 aromatic carbocycles. The quantitative estimate of drug-likeness (QED) is 0.461. The molecular formula is C24H24FN5O. The first-order valence-electron chi connectivity index (χ1n) is 10.1. The number of rotatable bonds is 8. The topological polar surface area (TPSA) is 81.1 Å². The van der Waals surface area contributed by atoms with Crippen molar-refractivity contribution in [1.29, 1.82) is 0 Å². The van der Waals surface area contributed by atoms with Crippen LogP contribution in [0.25, 0.3) is 22.7 Å². The number of halogens is 1. The second-order valence-electron chi connectivity index (χ2n) is 7.63. The molecular weight excluding hydrogens is 393 g/mol. The molecule has 4 aromatic rings. The monoisotopic (exact) mass is 417 g/mol. The summed E-state index contributed by atoms with van der Waals surface area (Å²) in [6, 6.07) is 16.3. The van der Waals surface area contributed by atoms with Gasteiger partial charge in [-0.2, -0.15) is 0 Å². The molecule has 2 N–H and O–H groups in total. The van der Waals surface area contributed by atoms with Crippen LogP contribution in [0.2, 0.25) is 0 Å². The smallest absolute Gasteiger partial charge is 0.181 e. The molecule has 4 rings (SSSR count). The zero-order chi connectivity index (χ0) is 21.6. The average Bonchev–Trinajstić information content (AvgIpc) is 3.30. The maximum absolute atomic E-state index is 13.0. The van der Waals surface area contributed by atoms with Gasteiger partial charge >= 0.3 is 0 Å². The Labute approximate surface area is 180 Å². The molecule has 1 atom stereocenters. The first-order chi connectivity index (χ1) is 15.1. The minimum atomic E-state index is -0.444. The van der Waals surface area contributed by atoms with Crippen molar-refractivity contribution in [3.8, 4) is 22.7 Å². The normalized spacial score (nSPS) is 12.3. The lowest BCUT2D eigenvalue weighted by Gasteiger charge is -2.24. The number of oxazole rings is 1. The van der Waals surface area contributed by atoms with Crippen LogP contribution in [-0.4, -0.2) is 32.4 Å². The van der Waals surface area contributed by atoms with Gasteiger partial charge in [-0.1, -0.05) is 48.5 Å². The summed E-state index contributed by atoms with van der Waals surface area (Å²) in [7, 11) is 0. The summed E-state index contributed by atoms with van der Waals surface area (Å²) in [6.45, 7) is 4.32. The fourth-order valence-corrected chi connectivity index (χ4v) is 3.46. The van der Waals surface area contributed by atoms with E-state index in [0.29, 0.717) is 5.82 Å². The van der Waals surface area contributed by atoms with Gasteiger partial charge in [0.15, 0.2) is 23.8 Å². The summed E-state index contributed by atoms with van der Waals surface area (Å²) in [6.07, 6.45) is 5.49. The number of nitrogens with two attached hydrogens (primary N) is 1. The third kappa shape index (κ3) is 5.59. The van der Waals surface area contributed by atoms with Gasteiger partial charge in [0.05, 0.1) is 18.6 Å². The Morgan fingerprint density at radius 2 is 1.48 bits per heavy atom. The minimum Gasteiger partial charge on any atom is -0.444 e. The fourth-order valence-electron chi connectivity index (χ4n) is 3.46. The Morgan fingerprint density at radius 1 is 0.903 bits per heavy atom. The van der Waals surface area contributed by atoms with Crippen LogP contribution in [0.1, 0.15) is 18.1 Å². The van der Waals surface area contributed by atoms with Crippen molar-refractivity contribution in [2.45, 2.75) is 26.1 Å². The van der Waals surface area contributed by atoms with Crippen LogP contribution >= 0.6 is 0 Å². The van der Waals surface area contributed by atoms with Gasteiger partial charge in [-0.15, -0.1) is 0 Å². The highest BCUT2D eigenvalue weighted by Gasteiger charge is 2.11. The van der Waals surface area contributed by atoms with Gasteiger partial charge in [-0.3, -0.25) is 4.90 Å². The standard InChI is InChI=1S/C24H24FN5O/c1-17(26)13-30(14-18-2-6-20(7-3-18)23-12-27-16-31-23)15-19-4-8-21(9-5-19)24-28-10-22(25)11-29-24/h2-12,16-17H,13-15,26H2,1H3. The van der Waals surface area contributed by atoms with Crippen LogP contribution < -0.4 is 5.73 Å². The van der Waals surface area contributed by atoms with E-state index in [0.717, 1.165) is 42.1 Å². The lowest BCUT2D eigenvalue weighted by molar-refractivity contribution is 0.244. The van der Waals surface area contributed by atoms with Crippen molar-refractivity contribution < 1.29 is 8.81 Å². The van der Waals surface area contributed by atoms with Gasteiger partial charge in [0.1, 0.15) is 0 Å². The molecule has 0 fully saturated rings. The summed E-state index contributed by atoms with van der Waals surface area (Å²) in [5.41, 5.74) is 10.3. The SMILES string of the molecule is CC(N)CN(Cc1ccc(-c2ncc(F)cn2)cc1)Cc1ccc(-c2cnco2)cc1. The second kappa shape index (κ2) is 9.59. The number of hydrogen-bond donors (Lipinski definition) is 1. The largest absolute Gasteiger partial charge is 0.444 e. The summed E-state index contributed by atoms with van der Waals surface area (Å²) in [4.78, 5) is 14.4.